The molecule has 7 nitrogen and oxygen atoms in total. The first-order valence-electron chi connectivity index (χ1n) is 7.30. The van der Waals surface area contributed by atoms with Crippen LogP contribution in [-0.2, 0) is 4.79 Å². The van der Waals surface area contributed by atoms with Crippen molar-refractivity contribution in [3.05, 3.63) is 39.3 Å². The molecule has 3 heterocycles. The highest BCUT2D eigenvalue weighted by Gasteiger charge is 2.13. The number of fused-ring (bicyclic) bond motifs is 1. The number of carbonyl (C=O) groups is 1. The number of amides is 1. The molecule has 3 aromatic heterocycles. The molecule has 0 fully saturated rings. The lowest BCUT2D eigenvalue weighted by atomic mass is 10.3. The van der Waals surface area contributed by atoms with E-state index in [4.69, 9.17) is 23.2 Å². The van der Waals surface area contributed by atoms with E-state index in [2.05, 4.69) is 25.4 Å². The summed E-state index contributed by atoms with van der Waals surface area (Å²) in [7, 11) is 0. The molecule has 0 bridgehead atoms. The van der Waals surface area contributed by atoms with Crippen molar-refractivity contribution in [1.29, 1.82) is 0 Å². The zero-order valence-corrected chi connectivity index (χ0v) is 16.0. The Morgan fingerprint density at radius 3 is 2.68 bits per heavy atom. The summed E-state index contributed by atoms with van der Waals surface area (Å²) in [6.07, 6.45) is 0. The van der Waals surface area contributed by atoms with Crippen LogP contribution in [0.2, 0.25) is 10.0 Å². The number of thioether (sulfide) groups is 1. The van der Waals surface area contributed by atoms with Crippen LogP contribution in [-0.4, -0.2) is 36.2 Å². The molecule has 0 unspecified atom stereocenters. The number of nitrogens with zero attached hydrogens (tertiary/aromatic N) is 5. The second kappa shape index (κ2) is 7.15. The van der Waals surface area contributed by atoms with Gasteiger partial charge in [-0.05, 0) is 32.9 Å². The summed E-state index contributed by atoms with van der Waals surface area (Å²) >= 11 is 13.2. The Morgan fingerprint density at radius 2 is 1.92 bits per heavy atom. The molecule has 0 aliphatic heterocycles. The van der Waals surface area contributed by atoms with E-state index in [9.17, 15) is 4.79 Å². The second-order valence-corrected chi connectivity index (χ2v) is 7.12. The summed E-state index contributed by atoms with van der Waals surface area (Å²) < 4.78 is 1.65. The van der Waals surface area contributed by atoms with Gasteiger partial charge < -0.3 is 5.32 Å². The monoisotopic (exact) mass is 396 g/mol. The van der Waals surface area contributed by atoms with Gasteiger partial charge in [0.05, 0.1) is 21.5 Å². The number of aromatic nitrogens is 5. The average molecular weight is 397 g/mol. The lowest BCUT2D eigenvalue weighted by molar-refractivity contribution is -0.113. The van der Waals surface area contributed by atoms with Crippen molar-refractivity contribution >= 4 is 52.5 Å². The highest BCUT2D eigenvalue weighted by Crippen LogP contribution is 2.26. The van der Waals surface area contributed by atoms with Crippen LogP contribution in [0.5, 0.6) is 0 Å². The highest BCUT2D eigenvalue weighted by molar-refractivity contribution is 7.99. The van der Waals surface area contributed by atoms with Gasteiger partial charge in [0.1, 0.15) is 0 Å². The van der Waals surface area contributed by atoms with E-state index in [-0.39, 0.29) is 22.5 Å². The van der Waals surface area contributed by atoms with E-state index in [0.717, 1.165) is 11.4 Å². The Balaban J connectivity index is 1.68. The predicted molar refractivity (Wildman–Crippen MR) is 98.6 cm³/mol. The minimum atomic E-state index is -0.263. The number of hydrogen-bond acceptors (Lipinski definition) is 6. The molecule has 0 aliphatic carbocycles. The third-order valence-corrected chi connectivity index (χ3v) is 4.80. The highest BCUT2D eigenvalue weighted by atomic mass is 35.5. The molecule has 0 saturated heterocycles. The van der Waals surface area contributed by atoms with Crippen molar-refractivity contribution in [2.45, 2.75) is 25.9 Å². The lowest BCUT2D eigenvalue weighted by Gasteiger charge is -2.07. The molecule has 0 aliphatic rings. The Kier molecular flexibility index (Phi) is 5.12. The molecule has 1 amide bonds. The van der Waals surface area contributed by atoms with Gasteiger partial charge in [-0.1, -0.05) is 35.0 Å². The zero-order valence-electron chi connectivity index (χ0n) is 13.7. The first kappa shape index (κ1) is 17.9. The SMILES string of the molecule is Cc1cc(C)n2nc(SCC(=O)Nc3nc(C)c(Cl)cc3Cl)nc2n1. The molecule has 0 aromatic carbocycles. The molecular weight excluding hydrogens is 383 g/mol. The van der Waals surface area contributed by atoms with Crippen molar-refractivity contribution in [1.82, 2.24) is 24.6 Å². The van der Waals surface area contributed by atoms with Crippen molar-refractivity contribution < 1.29 is 4.79 Å². The van der Waals surface area contributed by atoms with Crippen LogP contribution in [0, 0.1) is 20.8 Å². The van der Waals surface area contributed by atoms with Crippen molar-refractivity contribution in [3.63, 3.8) is 0 Å². The number of pyridine rings is 1. The molecule has 130 valence electrons. The number of hydrogen-bond donors (Lipinski definition) is 1. The van der Waals surface area contributed by atoms with Gasteiger partial charge >= 0.3 is 0 Å². The standard InChI is InChI=1S/C15H14Cl2N6OS/c1-7-4-8(2)23-14(18-7)21-15(22-23)25-6-12(24)20-13-11(17)5-10(16)9(3)19-13/h4-5H,6H2,1-3H3,(H,19,20,24). The van der Waals surface area contributed by atoms with E-state index in [0.29, 0.717) is 21.7 Å². The Morgan fingerprint density at radius 1 is 1.16 bits per heavy atom. The number of rotatable bonds is 4. The summed E-state index contributed by atoms with van der Waals surface area (Å²) in [5.74, 6) is 0.652. The van der Waals surface area contributed by atoms with Gasteiger partial charge in [-0.25, -0.2) is 14.5 Å². The molecule has 0 atom stereocenters. The van der Waals surface area contributed by atoms with Crippen molar-refractivity contribution in [3.8, 4) is 0 Å². The maximum absolute atomic E-state index is 12.1. The van der Waals surface area contributed by atoms with E-state index in [1.807, 2.05) is 19.9 Å². The fourth-order valence-electron chi connectivity index (χ4n) is 2.15. The Labute approximate surface area is 158 Å². The Bertz CT molecular complexity index is 974. The van der Waals surface area contributed by atoms with Gasteiger partial charge in [0.2, 0.25) is 11.1 Å². The summed E-state index contributed by atoms with van der Waals surface area (Å²) in [4.78, 5) is 24.9. The van der Waals surface area contributed by atoms with Crippen molar-refractivity contribution in [2.75, 3.05) is 11.1 Å². The first-order chi connectivity index (χ1) is 11.8. The van der Waals surface area contributed by atoms with Crippen LogP contribution in [0.3, 0.4) is 0 Å². The van der Waals surface area contributed by atoms with E-state index < -0.39 is 0 Å². The van der Waals surface area contributed by atoms with Gasteiger partial charge in [0, 0.05) is 11.4 Å². The minimum Gasteiger partial charge on any atom is -0.309 e. The molecule has 25 heavy (non-hydrogen) atoms. The summed E-state index contributed by atoms with van der Waals surface area (Å²) in [5, 5.41) is 8.22. The van der Waals surface area contributed by atoms with Crippen LogP contribution in [0.1, 0.15) is 17.1 Å². The first-order valence-corrected chi connectivity index (χ1v) is 9.04. The average Bonchev–Trinajstić information content (AvgIpc) is 2.94. The molecule has 0 radical (unpaired) electrons. The Hall–Kier alpha value is -1.90. The van der Waals surface area contributed by atoms with Crippen LogP contribution in [0.25, 0.3) is 5.78 Å². The molecule has 3 rings (SSSR count). The molecule has 0 saturated carbocycles. The normalized spacial score (nSPS) is 11.1. The maximum atomic E-state index is 12.1. The topological polar surface area (TPSA) is 85.1 Å². The number of halogens is 2. The number of nitrogens with one attached hydrogen (secondary N) is 1. The fraction of sp³-hybridized carbons (Fsp3) is 0.267. The zero-order chi connectivity index (χ0) is 18.1. The number of anilines is 1. The third-order valence-electron chi connectivity index (χ3n) is 3.29. The number of carbonyl (C=O) groups excluding carboxylic acids is 1. The van der Waals surface area contributed by atoms with Gasteiger partial charge in [-0.3, -0.25) is 4.79 Å². The van der Waals surface area contributed by atoms with Gasteiger partial charge in [-0.15, -0.1) is 5.10 Å². The quantitative estimate of drug-likeness (QED) is 0.679. The third kappa shape index (κ3) is 4.02. The second-order valence-electron chi connectivity index (χ2n) is 5.37. The van der Waals surface area contributed by atoms with E-state index in [1.54, 1.807) is 17.5 Å². The minimum absolute atomic E-state index is 0.120. The summed E-state index contributed by atoms with van der Waals surface area (Å²) in [6.45, 7) is 5.56. The molecule has 0 spiro atoms. The summed E-state index contributed by atoms with van der Waals surface area (Å²) in [6, 6.07) is 3.47. The van der Waals surface area contributed by atoms with Gasteiger partial charge in [-0.2, -0.15) is 4.98 Å². The molecular formula is C15H14Cl2N6OS. The maximum Gasteiger partial charge on any atom is 0.253 e. The van der Waals surface area contributed by atoms with Crippen LogP contribution >= 0.6 is 35.0 Å². The van der Waals surface area contributed by atoms with Crippen LogP contribution in [0.15, 0.2) is 17.3 Å². The largest absolute Gasteiger partial charge is 0.309 e. The van der Waals surface area contributed by atoms with Gasteiger partial charge in [0.15, 0.2) is 5.82 Å². The number of aryl methyl sites for hydroxylation is 3. The fourth-order valence-corrected chi connectivity index (χ4v) is 3.18. The van der Waals surface area contributed by atoms with E-state index >= 15 is 0 Å². The van der Waals surface area contributed by atoms with E-state index in [1.165, 1.54) is 11.8 Å². The molecule has 1 N–H and O–H groups in total. The van der Waals surface area contributed by atoms with Crippen LogP contribution < -0.4 is 5.32 Å². The van der Waals surface area contributed by atoms with Gasteiger partial charge in [0.25, 0.3) is 5.78 Å². The molecule has 3 aromatic rings. The predicted octanol–water partition coefficient (Wildman–Crippen LogP) is 3.48. The molecule has 10 heteroatoms. The van der Waals surface area contributed by atoms with Crippen LogP contribution in [0.4, 0.5) is 5.82 Å². The van der Waals surface area contributed by atoms with Crippen molar-refractivity contribution in [2.24, 2.45) is 0 Å². The smallest absolute Gasteiger partial charge is 0.253 e. The summed E-state index contributed by atoms with van der Waals surface area (Å²) in [5.41, 5.74) is 2.39. The lowest BCUT2D eigenvalue weighted by Crippen LogP contribution is -2.15.